The summed E-state index contributed by atoms with van der Waals surface area (Å²) in [5, 5.41) is 14.3. The van der Waals surface area contributed by atoms with Crippen LogP contribution in [0.15, 0.2) is 12.4 Å². The van der Waals surface area contributed by atoms with Gasteiger partial charge in [0.25, 0.3) is 0 Å². The van der Waals surface area contributed by atoms with Crippen LogP contribution in [0.1, 0.15) is 43.9 Å². The van der Waals surface area contributed by atoms with Gasteiger partial charge < -0.3 is 20.7 Å². The van der Waals surface area contributed by atoms with Crippen molar-refractivity contribution in [2.75, 3.05) is 17.2 Å². The molecule has 8 nitrogen and oxygen atoms in total. The summed E-state index contributed by atoms with van der Waals surface area (Å²) in [6.07, 6.45) is 3.63. The third-order valence-corrected chi connectivity index (χ3v) is 8.32. The van der Waals surface area contributed by atoms with Crippen molar-refractivity contribution in [3.8, 4) is 17.3 Å². The molecule has 0 saturated carbocycles. The maximum absolute atomic E-state index is 16.5. The lowest BCUT2D eigenvalue weighted by Gasteiger charge is -2.26. The Labute approximate surface area is 216 Å². The van der Waals surface area contributed by atoms with Crippen LogP contribution >= 0.6 is 11.3 Å². The van der Waals surface area contributed by atoms with Gasteiger partial charge in [-0.15, -0.1) is 11.3 Å². The third kappa shape index (κ3) is 3.62. The normalized spacial score (nSPS) is 19.3. The summed E-state index contributed by atoms with van der Waals surface area (Å²) in [7, 11) is 0. The minimum atomic E-state index is -0.608. The molecule has 11 heteroatoms. The van der Waals surface area contributed by atoms with Gasteiger partial charge in [-0.3, -0.25) is 4.98 Å². The van der Waals surface area contributed by atoms with Crippen molar-refractivity contribution in [1.29, 1.82) is 5.26 Å². The van der Waals surface area contributed by atoms with Crippen molar-refractivity contribution in [1.82, 2.24) is 20.3 Å². The number of thiophene rings is 1. The molecule has 0 spiro atoms. The summed E-state index contributed by atoms with van der Waals surface area (Å²) in [6.45, 7) is 7.51. The molecule has 5 heterocycles. The molecule has 6 rings (SSSR count). The lowest BCUT2D eigenvalue weighted by Crippen LogP contribution is -2.43. The highest BCUT2D eigenvalue weighted by atomic mass is 32.1. The average Bonchev–Trinajstić information content (AvgIpc) is 3.58. The number of halogens is 2. The number of fused-ring (bicyclic) bond motifs is 4. The molecule has 4 aromatic rings. The Morgan fingerprint density at radius 1 is 1.24 bits per heavy atom. The molecule has 3 N–H and O–H groups in total. The van der Waals surface area contributed by atoms with Crippen molar-refractivity contribution in [3.05, 3.63) is 40.7 Å². The lowest BCUT2D eigenvalue weighted by atomic mass is 9.94. The number of ether oxygens (including phenoxy) is 1. The van der Waals surface area contributed by atoms with E-state index in [-0.39, 0.29) is 62.7 Å². The van der Waals surface area contributed by atoms with Crippen LogP contribution in [0, 0.1) is 23.0 Å². The number of benzene rings is 1. The van der Waals surface area contributed by atoms with Crippen LogP contribution in [0.4, 0.5) is 19.7 Å². The van der Waals surface area contributed by atoms with E-state index in [4.69, 9.17) is 15.5 Å². The number of nitriles is 1. The average molecular weight is 522 g/mol. The van der Waals surface area contributed by atoms with Gasteiger partial charge in [0.1, 0.15) is 16.6 Å². The highest BCUT2D eigenvalue weighted by Crippen LogP contribution is 2.45. The Kier molecular flexibility index (Phi) is 5.71. The number of aromatic nitrogens is 3. The van der Waals surface area contributed by atoms with E-state index in [1.54, 1.807) is 6.20 Å². The van der Waals surface area contributed by atoms with Gasteiger partial charge >= 0.3 is 0 Å². The first-order valence-corrected chi connectivity index (χ1v) is 13.0. The van der Waals surface area contributed by atoms with Crippen LogP contribution in [-0.2, 0) is 18.0 Å². The molecular weight excluding hydrogens is 496 g/mol. The fourth-order valence-corrected chi connectivity index (χ4v) is 6.47. The molecule has 2 aliphatic heterocycles. The van der Waals surface area contributed by atoms with Gasteiger partial charge in [-0.05, 0) is 24.5 Å². The van der Waals surface area contributed by atoms with Gasteiger partial charge in [-0.1, -0.05) is 13.8 Å². The van der Waals surface area contributed by atoms with Gasteiger partial charge in [-0.2, -0.15) is 5.26 Å². The zero-order valence-corrected chi connectivity index (χ0v) is 21.4. The van der Waals surface area contributed by atoms with Crippen molar-refractivity contribution in [2.45, 2.75) is 58.5 Å². The van der Waals surface area contributed by atoms with E-state index in [2.05, 4.69) is 41.0 Å². The third-order valence-electron chi connectivity index (χ3n) is 7.29. The molecule has 37 heavy (non-hydrogen) atoms. The number of nitrogen functional groups attached to an aromatic ring is 1. The molecule has 1 saturated heterocycles. The molecule has 0 radical (unpaired) electrons. The fraction of sp³-hybridized carbons (Fsp3) is 0.385. The standard InChI is InChI=1S/C26H25F2N7OS/c1-11(2)33-18-4-5-35(12(18)3)26-32-7-14-15-9-36-10-16(15)19(21(28)22(14)34-26)23-20-13(6-29)25(30)37-24(20)17(27)8-31-23/h7-8,11-12,18,33H,4-5,9-10,30H2,1-3H3/t12-,18-/m0/s1. The highest BCUT2D eigenvalue weighted by Gasteiger charge is 2.34. The Morgan fingerprint density at radius 3 is 2.78 bits per heavy atom. The molecule has 2 aliphatic rings. The van der Waals surface area contributed by atoms with E-state index in [1.165, 1.54) is 0 Å². The maximum Gasteiger partial charge on any atom is 0.226 e. The minimum Gasteiger partial charge on any atom is -0.389 e. The Balaban J connectivity index is 1.57. The van der Waals surface area contributed by atoms with Crippen molar-refractivity contribution in [2.24, 2.45) is 0 Å². The number of nitrogens with one attached hydrogen (secondary N) is 1. The maximum atomic E-state index is 16.5. The van der Waals surface area contributed by atoms with E-state index in [9.17, 15) is 9.65 Å². The molecule has 0 amide bonds. The molecule has 1 aromatic carbocycles. The smallest absolute Gasteiger partial charge is 0.226 e. The van der Waals surface area contributed by atoms with E-state index in [0.717, 1.165) is 36.1 Å². The second kappa shape index (κ2) is 8.83. The summed E-state index contributed by atoms with van der Waals surface area (Å²) in [5.41, 5.74) is 7.96. The zero-order chi connectivity index (χ0) is 26.0. The van der Waals surface area contributed by atoms with E-state index < -0.39 is 11.6 Å². The quantitative estimate of drug-likeness (QED) is 0.400. The monoisotopic (exact) mass is 521 g/mol. The minimum absolute atomic E-state index is 0.0899. The largest absolute Gasteiger partial charge is 0.389 e. The first-order valence-electron chi connectivity index (χ1n) is 12.2. The van der Waals surface area contributed by atoms with Crippen LogP contribution < -0.4 is 16.0 Å². The molecule has 3 aromatic heterocycles. The van der Waals surface area contributed by atoms with Crippen molar-refractivity contribution < 1.29 is 13.5 Å². The number of nitrogens with two attached hydrogens (primary N) is 1. The van der Waals surface area contributed by atoms with E-state index in [0.29, 0.717) is 22.9 Å². The molecule has 0 unspecified atom stereocenters. The van der Waals surface area contributed by atoms with Gasteiger partial charge in [-0.25, -0.2) is 18.7 Å². The summed E-state index contributed by atoms with van der Waals surface area (Å²) in [4.78, 5) is 15.7. The van der Waals surface area contributed by atoms with E-state index in [1.807, 2.05) is 6.07 Å². The summed E-state index contributed by atoms with van der Waals surface area (Å²) >= 11 is 0.954. The summed E-state index contributed by atoms with van der Waals surface area (Å²) in [5.74, 6) is -0.754. The summed E-state index contributed by atoms with van der Waals surface area (Å²) < 4.78 is 37.0. The number of hydrogen-bond donors (Lipinski definition) is 2. The molecule has 1 fully saturated rings. The Hall–Kier alpha value is -3.46. The van der Waals surface area contributed by atoms with Crippen molar-refractivity contribution >= 4 is 43.3 Å². The van der Waals surface area contributed by atoms with Crippen LogP contribution in [-0.4, -0.2) is 39.6 Å². The first-order chi connectivity index (χ1) is 17.8. The van der Waals surface area contributed by atoms with E-state index >= 15 is 4.39 Å². The zero-order valence-electron chi connectivity index (χ0n) is 20.6. The van der Waals surface area contributed by atoms with Crippen LogP contribution in [0.5, 0.6) is 0 Å². The Bertz CT molecular complexity index is 1610. The predicted octanol–water partition coefficient (Wildman–Crippen LogP) is 4.63. The summed E-state index contributed by atoms with van der Waals surface area (Å²) in [6, 6.07) is 2.79. The van der Waals surface area contributed by atoms with Crippen LogP contribution in [0.25, 0.3) is 32.2 Å². The van der Waals surface area contributed by atoms with Gasteiger partial charge in [0.05, 0.1) is 35.4 Å². The molecular formula is C26H25F2N7OS. The highest BCUT2D eigenvalue weighted by molar-refractivity contribution is 7.23. The molecule has 0 bridgehead atoms. The van der Waals surface area contributed by atoms with Gasteiger partial charge in [0.15, 0.2) is 11.6 Å². The molecule has 0 aliphatic carbocycles. The SMILES string of the molecule is CC(C)N[C@H]1CCN(c2ncc3c4c(c(-c5ncc(F)c6sc(N)c(C#N)c56)c(F)c3n2)COC4)[C@H]1C. The molecule has 2 atom stereocenters. The first kappa shape index (κ1) is 23.9. The van der Waals surface area contributed by atoms with Gasteiger partial charge in [0, 0.05) is 47.2 Å². The van der Waals surface area contributed by atoms with Crippen molar-refractivity contribution in [3.63, 3.8) is 0 Å². The number of hydrogen-bond acceptors (Lipinski definition) is 9. The number of nitrogens with zero attached hydrogens (tertiary/aromatic N) is 5. The molecule has 190 valence electrons. The Morgan fingerprint density at radius 2 is 2.03 bits per heavy atom. The van der Waals surface area contributed by atoms with Crippen LogP contribution in [0.3, 0.4) is 0 Å². The predicted molar refractivity (Wildman–Crippen MR) is 139 cm³/mol. The second-order valence-electron chi connectivity index (χ2n) is 9.83. The second-order valence-corrected chi connectivity index (χ2v) is 10.9. The lowest BCUT2D eigenvalue weighted by molar-refractivity contribution is 0.135. The fourth-order valence-electron chi connectivity index (χ4n) is 5.55. The number of anilines is 2. The van der Waals surface area contributed by atoms with Gasteiger partial charge in [0.2, 0.25) is 5.95 Å². The topological polar surface area (TPSA) is 113 Å². The van der Waals surface area contributed by atoms with Crippen LogP contribution in [0.2, 0.25) is 0 Å². The number of pyridine rings is 1. The number of rotatable bonds is 4.